The monoisotopic (exact) mass is 356 g/mol. The summed E-state index contributed by atoms with van der Waals surface area (Å²) in [6.45, 7) is 0. The maximum absolute atomic E-state index is 13.2. The summed E-state index contributed by atoms with van der Waals surface area (Å²) in [6, 6.07) is -3.51. The predicted molar refractivity (Wildman–Crippen MR) is 47.9 cm³/mol. The van der Waals surface area contributed by atoms with E-state index >= 15 is 0 Å². The Morgan fingerprint density at radius 2 is 1.29 bits per heavy atom. The summed E-state index contributed by atoms with van der Waals surface area (Å²) in [5.41, 5.74) is -6.22. The van der Waals surface area contributed by atoms with Crippen LogP contribution in [0.3, 0.4) is 0 Å². The standard InChI is InChI=1S/C7H6F9O4P/c1-18-21(17,19-2)7(15,16)5(11,12)6(13,14)20-4(10)3(8)9/h1-2H3. The first-order valence-corrected chi connectivity index (χ1v) is 5.99. The molecule has 0 aromatic heterocycles. The van der Waals surface area contributed by atoms with Crippen molar-refractivity contribution in [2.45, 2.75) is 17.7 Å². The normalized spacial score (nSPS) is 14.0. The van der Waals surface area contributed by atoms with Crippen molar-refractivity contribution in [2.75, 3.05) is 14.2 Å². The summed E-state index contributed by atoms with van der Waals surface area (Å²) in [6.07, 6.45) is -10.1. The number of rotatable bonds is 7. The van der Waals surface area contributed by atoms with Gasteiger partial charge in [-0.2, -0.15) is 39.5 Å². The van der Waals surface area contributed by atoms with E-state index in [-0.39, 0.29) is 14.2 Å². The second-order valence-corrected chi connectivity index (χ2v) is 5.42. The van der Waals surface area contributed by atoms with Crippen LogP contribution in [0.2, 0.25) is 0 Å². The van der Waals surface area contributed by atoms with Gasteiger partial charge in [0.15, 0.2) is 0 Å². The van der Waals surface area contributed by atoms with Crippen molar-refractivity contribution in [1.82, 2.24) is 0 Å². The Morgan fingerprint density at radius 1 is 0.905 bits per heavy atom. The zero-order chi connectivity index (χ0) is 17.3. The van der Waals surface area contributed by atoms with Gasteiger partial charge in [-0.25, -0.2) is 0 Å². The topological polar surface area (TPSA) is 44.8 Å². The van der Waals surface area contributed by atoms with Crippen molar-refractivity contribution in [3.8, 4) is 0 Å². The molecule has 0 aromatic carbocycles. The maximum Gasteiger partial charge on any atom is 0.473 e. The first-order chi connectivity index (χ1) is 9.20. The van der Waals surface area contributed by atoms with E-state index in [1.165, 1.54) is 0 Å². The Morgan fingerprint density at radius 3 is 1.57 bits per heavy atom. The molecule has 0 spiro atoms. The number of ether oxygens (including phenoxy) is 1. The molecule has 0 unspecified atom stereocenters. The van der Waals surface area contributed by atoms with Gasteiger partial charge in [0.1, 0.15) is 0 Å². The predicted octanol–water partition coefficient (Wildman–Crippen LogP) is 4.34. The lowest BCUT2D eigenvalue weighted by molar-refractivity contribution is -0.379. The highest BCUT2D eigenvalue weighted by molar-refractivity contribution is 7.55. The van der Waals surface area contributed by atoms with E-state index in [4.69, 9.17) is 0 Å². The second kappa shape index (κ2) is 6.05. The smallest absolute Gasteiger partial charge is 0.397 e. The molecule has 0 N–H and O–H groups in total. The highest BCUT2D eigenvalue weighted by atomic mass is 31.2. The van der Waals surface area contributed by atoms with Gasteiger partial charge in [-0.15, -0.1) is 0 Å². The Labute approximate surface area is 111 Å². The van der Waals surface area contributed by atoms with Crippen molar-refractivity contribution < 1.29 is 57.9 Å². The number of halogens is 9. The van der Waals surface area contributed by atoms with Crippen molar-refractivity contribution in [3.05, 3.63) is 12.1 Å². The minimum absolute atomic E-state index is 0.176. The van der Waals surface area contributed by atoms with Gasteiger partial charge in [0.25, 0.3) is 0 Å². The van der Waals surface area contributed by atoms with Crippen LogP contribution in [-0.4, -0.2) is 31.9 Å². The average molecular weight is 356 g/mol. The summed E-state index contributed by atoms with van der Waals surface area (Å²) < 4.78 is 134. The first-order valence-electron chi connectivity index (χ1n) is 4.45. The van der Waals surface area contributed by atoms with E-state index in [1.807, 2.05) is 0 Å². The van der Waals surface area contributed by atoms with Gasteiger partial charge in [0.2, 0.25) is 0 Å². The van der Waals surface area contributed by atoms with Crippen LogP contribution < -0.4 is 0 Å². The minimum atomic E-state index is -6.71. The van der Waals surface area contributed by atoms with Gasteiger partial charge in [-0.3, -0.25) is 4.57 Å². The average Bonchev–Trinajstić information content (AvgIpc) is 2.36. The molecule has 0 atom stereocenters. The van der Waals surface area contributed by atoms with E-state index in [0.717, 1.165) is 0 Å². The van der Waals surface area contributed by atoms with Gasteiger partial charge < -0.3 is 13.8 Å². The molecule has 0 radical (unpaired) electrons. The lowest BCUT2D eigenvalue weighted by Crippen LogP contribution is -2.55. The fourth-order valence-corrected chi connectivity index (χ4v) is 1.95. The number of hydrogen-bond donors (Lipinski definition) is 0. The molecule has 0 saturated carbocycles. The van der Waals surface area contributed by atoms with Crippen LogP contribution in [-0.2, 0) is 18.3 Å². The summed E-state index contributed by atoms with van der Waals surface area (Å²) in [5, 5.41) is 0. The van der Waals surface area contributed by atoms with Gasteiger partial charge in [0, 0.05) is 14.2 Å². The largest absolute Gasteiger partial charge is 0.473 e. The van der Waals surface area contributed by atoms with Gasteiger partial charge in [0.05, 0.1) is 0 Å². The zero-order valence-corrected chi connectivity index (χ0v) is 10.9. The van der Waals surface area contributed by atoms with Crippen LogP contribution in [0, 0.1) is 0 Å². The molecule has 0 rings (SSSR count). The van der Waals surface area contributed by atoms with Crippen molar-refractivity contribution in [3.63, 3.8) is 0 Å². The van der Waals surface area contributed by atoms with Gasteiger partial charge in [-0.1, -0.05) is 0 Å². The van der Waals surface area contributed by atoms with E-state index in [0.29, 0.717) is 0 Å². The summed E-state index contributed by atoms with van der Waals surface area (Å²) >= 11 is 0. The molecule has 0 aliphatic heterocycles. The highest BCUT2D eigenvalue weighted by Crippen LogP contribution is 2.68. The van der Waals surface area contributed by atoms with Crippen molar-refractivity contribution in [2.24, 2.45) is 0 Å². The summed E-state index contributed by atoms with van der Waals surface area (Å²) in [5.74, 6) is -6.71. The van der Waals surface area contributed by atoms with Gasteiger partial charge in [-0.05, 0) is 0 Å². The number of hydrogen-bond acceptors (Lipinski definition) is 4. The Bertz CT molecular complexity index is 451. The van der Waals surface area contributed by atoms with Crippen LogP contribution in [0.4, 0.5) is 39.5 Å². The molecule has 14 heteroatoms. The molecule has 0 aromatic rings. The zero-order valence-electron chi connectivity index (χ0n) is 9.98. The quantitative estimate of drug-likeness (QED) is 0.387. The molecule has 4 nitrogen and oxygen atoms in total. The minimum Gasteiger partial charge on any atom is -0.397 e. The highest BCUT2D eigenvalue weighted by Gasteiger charge is 2.82. The lowest BCUT2D eigenvalue weighted by Gasteiger charge is -2.33. The molecule has 0 heterocycles. The fourth-order valence-electron chi connectivity index (χ4n) is 0.866. The van der Waals surface area contributed by atoms with Crippen molar-refractivity contribution >= 4 is 7.60 Å². The molecule has 0 amide bonds. The van der Waals surface area contributed by atoms with Crippen LogP contribution in [0.25, 0.3) is 0 Å². The number of alkyl halides is 6. The molecule has 126 valence electrons. The summed E-state index contributed by atoms with van der Waals surface area (Å²) in [4.78, 5) is 0. The third-order valence-corrected chi connectivity index (χ3v) is 3.86. The second-order valence-electron chi connectivity index (χ2n) is 3.13. The lowest BCUT2D eigenvalue weighted by atomic mass is 10.3. The molecule has 21 heavy (non-hydrogen) atoms. The molecule has 0 bridgehead atoms. The third-order valence-electron chi connectivity index (χ3n) is 1.93. The van der Waals surface area contributed by atoms with Crippen molar-refractivity contribution in [1.29, 1.82) is 0 Å². The molecule has 0 aliphatic carbocycles. The molecular weight excluding hydrogens is 350 g/mol. The van der Waals surface area contributed by atoms with Gasteiger partial charge >= 0.3 is 37.4 Å². The third kappa shape index (κ3) is 3.29. The van der Waals surface area contributed by atoms with E-state index < -0.39 is 37.4 Å². The van der Waals surface area contributed by atoms with E-state index in [2.05, 4.69) is 13.8 Å². The molecule has 0 aliphatic rings. The Hall–Kier alpha value is -0.940. The molecule has 0 saturated heterocycles. The van der Waals surface area contributed by atoms with E-state index in [9.17, 15) is 44.1 Å². The van der Waals surface area contributed by atoms with Crippen LogP contribution in [0.15, 0.2) is 12.1 Å². The van der Waals surface area contributed by atoms with Crippen LogP contribution >= 0.6 is 7.60 Å². The molecular formula is C7H6F9O4P. The SMILES string of the molecule is COP(=O)(OC)C(F)(F)C(F)(F)C(F)(F)OC(F)=C(F)F. The van der Waals surface area contributed by atoms with Crippen LogP contribution in [0.1, 0.15) is 0 Å². The first kappa shape index (κ1) is 20.1. The summed E-state index contributed by atoms with van der Waals surface area (Å²) in [7, 11) is -5.79. The Kier molecular flexibility index (Phi) is 5.78. The fraction of sp³-hybridized carbons (Fsp3) is 0.714. The van der Waals surface area contributed by atoms with Crippen LogP contribution in [0.5, 0.6) is 0 Å². The van der Waals surface area contributed by atoms with E-state index in [1.54, 1.807) is 0 Å². The Balaban J connectivity index is 5.84. The molecule has 0 fully saturated rings. The maximum atomic E-state index is 13.2.